The number of hydrogen-bond acceptors (Lipinski definition) is 44. The normalized spacial score (nSPS) is 46.6. The van der Waals surface area contributed by atoms with Gasteiger partial charge in [0.15, 0.2) is 50.3 Å². The molecule has 0 bridgehead atoms. The molecule has 41 atom stereocenters. The number of carbonyl (C=O) groups excluding carboxylic acids is 4. The lowest BCUT2D eigenvalue weighted by Gasteiger charge is -2.51. The van der Waals surface area contributed by atoms with Crippen molar-refractivity contribution >= 4 is 31.5 Å². The molecule has 0 radical (unpaired) electrons. The Morgan fingerprint density at radius 1 is 0.324 bits per heavy atom. The summed E-state index contributed by atoms with van der Waals surface area (Å²) < 4.78 is 112. The first-order chi connectivity index (χ1) is 51.0. The zero-order valence-corrected chi connectivity index (χ0v) is 58.9. The maximum atomic E-state index is 13.2. The van der Waals surface area contributed by atoms with E-state index in [1.165, 1.54) is 0 Å². The number of aliphatic hydroxyl groups excluding tert-OH is 21. The Labute approximate surface area is 612 Å². The Balaban J connectivity index is 1.15. The fourth-order valence-electron chi connectivity index (χ4n) is 13.3. The summed E-state index contributed by atoms with van der Waals surface area (Å²) in [6.07, 6.45) is -75.6. The number of carbonyl (C=O) groups is 4. The second-order valence-corrected chi connectivity index (χ2v) is 28.0. The minimum atomic E-state index is -5.18. The van der Waals surface area contributed by atoms with Crippen molar-refractivity contribution in [2.75, 3.05) is 66.0 Å². The van der Waals surface area contributed by atoms with Gasteiger partial charge < -0.3 is 210 Å². The summed E-state index contributed by atoms with van der Waals surface area (Å²) in [7, 11) is -5.18. The van der Waals surface area contributed by atoms with Crippen molar-refractivity contribution in [1.82, 2.24) is 21.3 Å². The first kappa shape index (κ1) is 90.1. The second-order valence-electron chi connectivity index (χ2n) is 26.6. The molecule has 8 aliphatic heterocycles. The predicted molar refractivity (Wildman–Crippen MR) is 335 cm³/mol. The number of ether oxygens (including phenoxy) is 15. The van der Waals surface area contributed by atoms with Gasteiger partial charge in [-0.2, -0.15) is 0 Å². The maximum Gasteiger partial charge on any atom is 0.472 e. The van der Waals surface area contributed by atoms with Crippen LogP contribution in [-0.4, -0.2) is 447 Å². The molecule has 8 heterocycles. The van der Waals surface area contributed by atoms with Crippen LogP contribution in [0.5, 0.6) is 0 Å². The Morgan fingerprint density at radius 3 is 1.16 bits per heavy atom. The molecule has 626 valence electrons. The molecule has 0 aromatic rings. The third-order valence-corrected chi connectivity index (χ3v) is 19.8. The van der Waals surface area contributed by atoms with Gasteiger partial charge in [0.2, 0.25) is 23.6 Å². The molecule has 0 aliphatic carbocycles. The Bertz CT molecular complexity index is 2900. The molecular weight excluding hydrogens is 1500 g/mol. The van der Waals surface area contributed by atoms with Gasteiger partial charge in [0.1, 0.15) is 195 Å². The van der Waals surface area contributed by atoms with E-state index in [9.17, 15) is 136 Å². The van der Waals surface area contributed by atoms with Crippen LogP contribution in [0.2, 0.25) is 0 Å². The van der Waals surface area contributed by atoms with Crippen LogP contribution in [0, 0.1) is 0 Å². The van der Waals surface area contributed by atoms with Crippen LogP contribution in [-0.2, 0) is 104 Å². The minimum Gasteiger partial charge on any atom is -0.394 e. The van der Waals surface area contributed by atoms with E-state index in [4.69, 9.17) is 85.8 Å². The Morgan fingerprint density at radius 2 is 0.657 bits per heavy atom. The summed E-state index contributed by atoms with van der Waals surface area (Å²) in [6, 6.07) is -7.37. The summed E-state index contributed by atoms with van der Waals surface area (Å²) in [4.78, 5) is 61.3. The van der Waals surface area contributed by atoms with Crippen molar-refractivity contribution < 1.29 is 216 Å². The van der Waals surface area contributed by atoms with Crippen molar-refractivity contribution in [2.45, 2.75) is 273 Å². The summed E-state index contributed by atoms with van der Waals surface area (Å²) in [5.74, 6) is -3.58. The average molecular weight is 1600 g/mol. The molecule has 8 saturated heterocycles. The lowest BCUT2D eigenvalue weighted by Crippen LogP contribution is -2.71. The molecule has 1 unspecified atom stereocenters. The third-order valence-electron chi connectivity index (χ3n) is 18.8. The van der Waals surface area contributed by atoms with E-state index in [1.807, 2.05) is 0 Å². The molecular formula is C58H100N5O44P. The topological polar surface area (TPSA) is 761 Å². The Kier molecular flexibility index (Phi) is 33.1. The fourth-order valence-corrected chi connectivity index (χ4v) is 14.1. The van der Waals surface area contributed by atoms with Gasteiger partial charge in [-0.05, 0) is 0 Å². The number of nitrogens with two attached hydrogens (primary N) is 1. The molecule has 28 N–H and O–H groups in total. The van der Waals surface area contributed by atoms with Gasteiger partial charge in [-0.25, -0.2) is 4.57 Å². The molecule has 8 rings (SSSR count). The molecule has 0 saturated carbocycles. The van der Waals surface area contributed by atoms with Crippen LogP contribution in [0.1, 0.15) is 27.7 Å². The van der Waals surface area contributed by atoms with Crippen LogP contribution in [0.4, 0.5) is 0 Å². The molecule has 0 aromatic carbocycles. The lowest BCUT2D eigenvalue weighted by molar-refractivity contribution is -0.397. The number of hydrogen-bond donors (Lipinski definition) is 27. The van der Waals surface area contributed by atoms with Gasteiger partial charge >= 0.3 is 7.82 Å². The molecule has 108 heavy (non-hydrogen) atoms. The number of nitrogens with one attached hydrogen (secondary N) is 4. The molecule has 50 heteroatoms. The van der Waals surface area contributed by atoms with Gasteiger partial charge in [-0.1, -0.05) is 0 Å². The summed E-state index contributed by atoms with van der Waals surface area (Å²) in [6.45, 7) is -5.87. The number of aliphatic hydroxyl groups is 21. The molecule has 49 nitrogen and oxygen atoms in total. The number of amides is 4. The number of phosphoric acid groups is 1. The van der Waals surface area contributed by atoms with Crippen molar-refractivity contribution in [3.05, 3.63) is 0 Å². The molecule has 0 aromatic heterocycles. The quantitative estimate of drug-likeness (QED) is 0.0287. The highest BCUT2D eigenvalue weighted by atomic mass is 31.2. The summed E-state index contributed by atoms with van der Waals surface area (Å²) in [5.41, 5.74) is 5.46. The van der Waals surface area contributed by atoms with Crippen LogP contribution in [0.25, 0.3) is 0 Å². The number of phosphoric ester groups is 1. The number of rotatable bonds is 31. The van der Waals surface area contributed by atoms with Gasteiger partial charge in [-0.15, -0.1) is 0 Å². The lowest BCUT2D eigenvalue weighted by atomic mass is 9.93. The second kappa shape index (κ2) is 39.7. The van der Waals surface area contributed by atoms with Crippen molar-refractivity contribution in [1.29, 1.82) is 0 Å². The largest absolute Gasteiger partial charge is 0.472 e. The highest BCUT2D eigenvalue weighted by molar-refractivity contribution is 7.47. The van der Waals surface area contributed by atoms with Crippen LogP contribution < -0.4 is 27.0 Å². The third kappa shape index (κ3) is 21.0. The highest BCUT2D eigenvalue weighted by Crippen LogP contribution is 2.45. The van der Waals surface area contributed by atoms with E-state index in [0.29, 0.717) is 0 Å². The van der Waals surface area contributed by atoms with Crippen LogP contribution >= 0.6 is 7.82 Å². The van der Waals surface area contributed by atoms with Gasteiger partial charge in [-0.3, -0.25) is 28.2 Å². The zero-order chi connectivity index (χ0) is 79.8. The first-order valence-electron chi connectivity index (χ1n) is 34.0. The van der Waals surface area contributed by atoms with Crippen LogP contribution in [0.3, 0.4) is 0 Å². The van der Waals surface area contributed by atoms with Gasteiger partial charge in [0, 0.05) is 34.2 Å². The van der Waals surface area contributed by atoms with E-state index in [1.54, 1.807) is 0 Å². The van der Waals surface area contributed by atoms with E-state index in [-0.39, 0.29) is 6.54 Å². The van der Waals surface area contributed by atoms with E-state index in [2.05, 4.69) is 21.3 Å². The molecule has 4 amide bonds. The minimum absolute atomic E-state index is 0.332. The smallest absolute Gasteiger partial charge is 0.394 e. The monoisotopic (exact) mass is 1600 g/mol. The summed E-state index contributed by atoms with van der Waals surface area (Å²) in [5, 5.41) is 243. The van der Waals surface area contributed by atoms with E-state index in [0.717, 1.165) is 27.7 Å². The van der Waals surface area contributed by atoms with Gasteiger partial charge in [0.05, 0.1) is 59.5 Å². The summed E-state index contributed by atoms with van der Waals surface area (Å²) >= 11 is 0. The Hall–Kier alpha value is -3.49. The molecule has 0 spiro atoms. The SMILES string of the molecule is CC(=O)N[C@@H]1[C@@H](O)[C@H](O[C@@H]2O[C@H](CO)[C@@H](O[C@@H]3O[C@H](CO[C@H]4O[C@H](CO)[C@@H](O)[C@H](O[C@H]5O[C@H](CO)[C@@H](O)[C@H](O)[C@@H]5O)[C@@H]4O)[C@@H](O)[C@H](O[C@H]4O[C@H](CO)[C@@H](O)[C@H](O)[C@@H]4O[C@@H]4O[C@H](COP(=O)(O)OCCN)[C@@H](O[C@@H]5O[C@H](CO)[C@H](O)[C@H](O)[C@H]5NC(C)=O)[C@H](O)[C@H]4NC(C)=O)[C@@H]3O)[C@H](O)[C@H]2NC(C)=O)[C@@H](CO)O[C@H]1O. The van der Waals surface area contributed by atoms with E-state index < -0.39 is 336 Å². The highest BCUT2D eigenvalue weighted by Gasteiger charge is 2.60. The van der Waals surface area contributed by atoms with Crippen molar-refractivity contribution in [3.8, 4) is 0 Å². The average Bonchev–Trinajstić information content (AvgIpc) is 0.759. The van der Waals surface area contributed by atoms with E-state index >= 15 is 0 Å². The zero-order valence-electron chi connectivity index (χ0n) is 58.0. The fraction of sp³-hybridized carbons (Fsp3) is 0.931. The standard InChI is InChI=1S/C58H100N5O44P/c1-15(70)60-27-37(80)45(23(11-68)94-51(27)88)102-53-29(62-17(3)72)38(81)46(24(12-69)99-53)104-57-44(87)49(35(78)25(100-57)13-91-55-43(86)48(34(77)22(10-67)96-55)105-56-42(85)40(83)32(75)20(8-65)97-56)106-58-50(41(84)33(76)21(9-66)98-58)107-54-30(63-18(4)73)39(82)47(26(101-54)14-93-108(89,90)92-6-5-59)103-52-28(61-16(2)71)36(79)31(74)19(7-64)95-52/h19-58,64-69,74-88H,5-14,59H2,1-4H3,(H,60,70)(H,61,71)(H,62,72)(H,63,73)(H,89,90)/t19-,20-,21-,22-,23-,24-,25-,26-,27-,28-,29-,30-,31+,32-,33-,34-,35-,36-,37-,38-,39-,40+,41+,42+,43+,44+,45-,46-,47-,48+,49+,50+,51-,52+,53+,54+,55+,56-,57+,58-/m1/s1. The maximum absolute atomic E-state index is 13.2. The van der Waals surface area contributed by atoms with Crippen molar-refractivity contribution in [2.24, 2.45) is 5.73 Å². The first-order valence-corrected chi connectivity index (χ1v) is 35.5. The molecule has 8 fully saturated rings. The predicted octanol–water partition coefficient (Wildman–Crippen LogP) is -17.8. The molecule has 8 aliphatic rings. The van der Waals surface area contributed by atoms with Crippen LogP contribution in [0.15, 0.2) is 0 Å². The van der Waals surface area contributed by atoms with Crippen molar-refractivity contribution in [3.63, 3.8) is 0 Å². The van der Waals surface area contributed by atoms with Gasteiger partial charge in [0.25, 0.3) is 0 Å².